The molecule has 1 fully saturated rings. The van der Waals surface area contributed by atoms with Crippen LogP contribution in [0.1, 0.15) is 31.4 Å². The number of guanidine groups is 1. The topological polar surface area (TPSA) is 48.9 Å². The number of benzene rings is 1. The number of aliphatic imine (C=N–C) groups is 1. The average molecular weight is 490 g/mol. The number of hydrogen-bond donors (Lipinski definition) is 2. The lowest BCUT2D eigenvalue weighted by molar-refractivity contribution is 0.110. The normalized spacial score (nSPS) is 17.1. The average Bonchev–Trinajstić information content (AvgIpc) is 2.65. The van der Waals surface area contributed by atoms with Gasteiger partial charge in [-0.2, -0.15) is 0 Å². The maximum absolute atomic E-state index is 13.1. The van der Waals surface area contributed by atoms with E-state index in [1.165, 1.54) is 12.1 Å². The van der Waals surface area contributed by atoms with Crippen LogP contribution in [0.15, 0.2) is 41.9 Å². The van der Waals surface area contributed by atoms with Gasteiger partial charge < -0.3 is 15.4 Å². The number of nitrogens with one attached hydrogen (secondary N) is 2. The summed E-state index contributed by atoms with van der Waals surface area (Å²) in [5.41, 5.74) is 0.922. The summed E-state index contributed by atoms with van der Waals surface area (Å²) in [5, 5.41) is 6.83. The Morgan fingerprint density at radius 1 is 1.37 bits per heavy atom. The smallest absolute Gasteiger partial charge is 0.191 e. The zero-order valence-electron chi connectivity index (χ0n) is 16.3. The molecule has 1 atom stereocenters. The minimum atomic E-state index is -0.245. The number of likely N-dealkylation sites (tertiary alicyclic amines) is 1. The van der Waals surface area contributed by atoms with Crippen molar-refractivity contribution < 1.29 is 9.13 Å². The van der Waals surface area contributed by atoms with Crippen LogP contribution in [0, 0.1) is 5.82 Å². The van der Waals surface area contributed by atoms with Crippen molar-refractivity contribution in [3.05, 3.63) is 48.3 Å². The van der Waals surface area contributed by atoms with Gasteiger partial charge in [0.25, 0.3) is 0 Å². The van der Waals surface area contributed by atoms with Gasteiger partial charge in [-0.3, -0.25) is 9.89 Å². The van der Waals surface area contributed by atoms with E-state index in [0.717, 1.165) is 50.5 Å². The van der Waals surface area contributed by atoms with Gasteiger partial charge in [0.2, 0.25) is 0 Å². The van der Waals surface area contributed by atoms with E-state index >= 15 is 0 Å². The van der Waals surface area contributed by atoms with Gasteiger partial charge in [0, 0.05) is 39.3 Å². The van der Waals surface area contributed by atoms with Crippen molar-refractivity contribution in [3.8, 4) is 0 Å². The van der Waals surface area contributed by atoms with Crippen LogP contribution < -0.4 is 10.6 Å². The fraction of sp³-hybridized carbons (Fsp3) is 0.550. The summed E-state index contributed by atoms with van der Waals surface area (Å²) in [4.78, 5) is 7.09. The van der Waals surface area contributed by atoms with E-state index in [1.54, 1.807) is 19.2 Å². The van der Waals surface area contributed by atoms with Crippen LogP contribution in [0.2, 0.25) is 0 Å². The first-order chi connectivity index (χ1) is 12.7. The van der Waals surface area contributed by atoms with Crippen LogP contribution in [-0.4, -0.2) is 56.7 Å². The van der Waals surface area contributed by atoms with Crippen LogP contribution in [0.25, 0.3) is 0 Å². The van der Waals surface area contributed by atoms with Gasteiger partial charge in [-0.25, -0.2) is 4.39 Å². The molecule has 1 heterocycles. The largest absolute Gasteiger partial charge is 0.375 e. The van der Waals surface area contributed by atoms with Crippen LogP contribution in [0.5, 0.6) is 0 Å². The molecule has 1 unspecified atom stereocenters. The molecule has 1 aromatic carbocycles. The molecule has 1 aromatic rings. The van der Waals surface area contributed by atoms with Crippen LogP contribution >= 0.6 is 24.0 Å². The first-order valence-electron chi connectivity index (χ1n) is 9.32. The minimum Gasteiger partial charge on any atom is -0.375 e. The second-order valence-electron chi connectivity index (χ2n) is 6.50. The molecule has 2 rings (SSSR count). The molecule has 5 nitrogen and oxygen atoms in total. The van der Waals surface area contributed by atoms with E-state index < -0.39 is 0 Å². The summed E-state index contributed by atoms with van der Waals surface area (Å²) in [6.45, 7) is 10.2. The van der Waals surface area contributed by atoms with Crippen molar-refractivity contribution in [2.24, 2.45) is 4.99 Å². The van der Waals surface area contributed by atoms with Gasteiger partial charge in [-0.05, 0) is 37.5 Å². The third kappa shape index (κ3) is 8.15. The maximum Gasteiger partial charge on any atom is 0.191 e. The SMILES string of the molecule is C=CCN1CCC(NC(=NCC(OC)c2ccc(F)cc2)NCC)CC1.I. The molecular formula is C20H32FIN4O. The standard InChI is InChI=1S/C20H31FN4O.HI/c1-4-12-25-13-10-18(11-14-25)24-20(22-5-2)23-15-19(26-3)16-6-8-17(21)9-7-16;/h4,6-9,18-19H,1,5,10-15H2,2-3H3,(H2,22,23,24);1H. The van der Waals surface area contributed by atoms with Gasteiger partial charge >= 0.3 is 0 Å². The highest BCUT2D eigenvalue weighted by atomic mass is 127. The van der Waals surface area contributed by atoms with E-state index in [2.05, 4.69) is 34.0 Å². The Labute approximate surface area is 179 Å². The van der Waals surface area contributed by atoms with Gasteiger partial charge in [0.1, 0.15) is 11.9 Å². The predicted octanol–water partition coefficient (Wildman–Crippen LogP) is 3.34. The second-order valence-corrected chi connectivity index (χ2v) is 6.50. The minimum absolute atomic E-state index is 0. The second kappa shape index (κ2) is 13.1. The first-order valence-corrected chi connectivity index (χ1v) is 9.32. The number of ether oxygens (including phenoxy) is 1. The van der Waals surface area contributed by atoms with E-state index in [4.69, 9.17) is 4.74 Å². The molecule has 1 aliphatic heterocycles. The molecule has 7 heteroatoms. The third-order valence-electron chi connectivity index (χ3n) is 4.60. The molecule has 152 valence electrons. The molecule has 0 aromatic heterocycles. The quantitative estimate of drug-likeness (QED) is 0.254. The summed E-state index contributed by atoms with van der Waals surface area (Å²) in [6, 6.07) is 6.81. The van der Waals surface area contributed by atoms with Gasteiger partial charge in [0.15, 0.2) is 5.96 Å². The molecule has 1 saturated heterocycles. The fourth-order valence-corrected chi connectivity index (χ4v) is 3.12. The monoisotopic (exact) mass is 490 g/mol. The third-order valence-corrected chi connectivity index (χ3v) is 4.60. The Kier molecular flexibility index (Phi) is 11.5. The van der Waals surface area contributed by atoms with Crippen molar-refractivity contribution >= 4 is 29.9 Å². The van der Waals surface area contributed by atoms with Crippen molar-refractivity contribution in [3.63, 3.8) is 0 Å². The maximum atomic E-state index is 13.1. The molecule has 2 N–H and O–H groups in total. The molecular weight excluding hydrogens is 458 g/mol. The van der Waals surface area contributed by atoms with E-state index in [-0.39, 0.29) is 35.9 Å². The summed E-state index contributed by atoms with van der Waals surface area (Å²) >= 11 is 0. The van der Waals surface area contributed by atoms with Gasteiger partial charge in [-0.1, -0.05) is 18.2 Å². The molecule has 0 spiro atoms. The lowest BCUT2D eigenvalue weighted by Crippen LogP contribution is -2.48. The number of piperidine rings is 1. The summed E-state index contributed by atoms with van der Waals surface area (Å²) in [6.07, 6.45) is 3.94. The molecule has 1 aliphatic rings. The van der Waals surface area contributed by atoms with E-state index in [9.17, 15) is 4.39 Å². The van der Waals surface area contributed by atoms with Gasteiger partial charge in [0.05, 0.1) is 6.54 Å². The summed E-state index contributed by atoms with van der Waals surface area (Å²) in [7, 11) is 1.65. The Balaban J connectivity index is 0.00000364. The van der Waals surface area contributed by atoms with Crippen LogP contribution in [0.4, 0.5) is 4.39 Å². The number of rotatable bonds is 8. The zero-order chi connectivity index (χ0) is 18.8. The van der Waals surface area contributed by atoms with Crippen molar-refractivity contribution in [1.29, 1.82) is 0 Å². The van der Waals surface area contributed by atoms with E-state index in [1.807, 2.05) is 6.08 Å². The lowest BCUT2D eigenvalue weighted by Gasteiger charge is -2.32. The molecule has 0 amide bonds. The van der Waals surface area contributed by atoms with Crippen molar-refractivity contribution in [1.82, 2.24) is 15.5 Å². The highest BCUT2D eigenvalue weighted by Gasteiger charge is 2.19. The molecule has 0 bridgehead atoms. The fourth-order valence-electron chi connectivity index (χ4n) is 3.12. The number of methoxy groups -OCH3 is 1. The summed E-state index contributed by atoms with van der Waals surface area (Å²) in [5.74, 6) is 0.559. The van der Waals surface area contributed by atoms with Crippen LogP contribution in [0.3, 0.4) is 0 Å². The van der Waals surface area contributed by atoms with Gasteiger partial charge in [-0.15, -0.1) is 30.6 Å². The Hall–Kier alpha value is -1.19. The number of hydrogen-bond acceptors (Lipinski definition) is 3. The molecule has 0 aliphatic carbocycles. The zero-order valence-corrected chi connectivity index (χ0v) is 18.6. The van der Waals surface area contributed by atoms with Crippen molar-refractivity contribution in [2.45, 2.75) is 31.9 Å². The Morgan fingerprint density at radius 2 is 2.04 bits per heavy atom. The summed E-state index contributed by atoms with van der Waals surface area (Å²) < 4.78 is 18.6. The highest BCUT2D eigenvalue weighted by molar-refractivity contribution is 14.0. The first kappa shape index (κ1) is 23.8. The number of nitrogens with zero attached hydrogens (tertiary/aromatic N) is 2. The predicted molar refractivity (Wildman–Crippen MR) is 120 cm³/mol. The lowest BCUT2D eigenvalue weighted by atomic mass is 10.1. The number of halogens is 2. The molecule has 0 radical (unpaired) electrons. The molecule has 27 heavy (non-hydrogen) atoms. The van der Waals surface area contributed by atoms with Crippen molar-refractivity contribution in [2.75, 3.05) is 39.8 Å². The Morgan fingerprint density at radius 3 is 2.59 bits per heavy atom. The van der Waals surface area contributed by atoms with E-state index in [0.29, 0.717) is 12.6 Å². The van der Waals surface area contributed by atoms with Crippen LogP contribution in [-0.2, 0) is 4.74 Å². The Bertz CT molecular complexity index is 574. The highest BCUT2D eigenvalue weighted by Crippen LogP contribution is 2.17. The molecule has 0 saturated carbocycles.